The third kappa shape index (κ3) is 40.5. The molecule has 0 saturated carbocycles. The van der Waals surface area contributed by atoms with Gasteiger partial charge in [0.2, 0.25) is 0 Å². The first kappa shape index (κ1) is 39.4. The highest BCUT2D eigenvalue weighted by atomic mass is 16.5. The summed E-state index contributed by atoms with van der Waals surface area (Å²) in [5.41, 5.74) is 0.352. The summed E-state index contributed by atoms with van der Waals surface area (Å²) in [6.45, 7) is 19.0. The lowest BCUT2D eigenvalue weighted by molar-refractivity contribution is -0.133. The smallest absolute Gasteiger partial charge is 0.330 e. The van der Waals surface area contributed by atoms with Gasteiger partial charge in [-0.1, -0.05) is 13.2 Å². The summed E-state index contributed by atoms with van der Waals surface area (Å²) in [6, 6.07) is 0. The number of carboxylic acids is 2. The molecule has 0 aliphatic carbocycles. The number of aliphatic hydroxyl groups is 4. The second kappa shape index (κ2) is 25.8. The normalized spacial score (nSPS) is 14.2. The van der Waals surface area contributed by atoms with Gasteiger partial charge in [-0.25, -0.2) is 9.59 Å². The van der Waals surface area contributed by atoms with Crippen molar-refractivity contribution in [2.75, 3.05) is 33.0 Å². The summed E-state index contributed by atoms with van der Waals surface area (Å²) in [6.07, 6.45) is -1.27. The van der Waals surface area contributed by atoms with Crippen LogP contribution in [0.2, 0.25) is 0 Å². The fourth-order valence-corrected chi connectivity index (χ4v) is 1.06. The van der Waals surface area contributed by atoms with Gasteiger partial charge in [-0.15, -0.1) is 0 Å². The van der Waals surface area contributed by atoms with E-state index in [0.29, 0.717) is 19.8 Å². The highest BCUT2D eigenvalue weighted by Gasteiger charge is 2.07. The molecule has 0 radical (unpaired) electrons. The number of carbonyl (C=O) groups is 2. The van der Waals surface area contributed by atoms with Gasteiger partial charge in [-0.3, -0.25) is 0 Å². The van der Waals surface area contributed by atoms with E-state index in [1.165, 1.54) is 13.8 Å². The number of ether oxygens (including phenoxy) is 3. The Morgan fingerprint density at radius 2 is 0.882 bits per heavy atom. The zero-order chi connectivity index (χ0) is 27.9. The quantitative estimate of drug-likeness (QED) is 0.201. The van der Waals surface area contributed by atoms with Gasteiger partial charge in [0.15, 0.2) is 0 Å². The van der Waals surface area contributed by atoms with Crippen molar-refractivity contribution < 1.29 is 54.4 Å². The van der Waals surface area contributed by atoms with Crippen molar-refractivity contribution >= 4 is 11.9 Å². The number of hydrogen-bond acceptors (Lipinski definition) is 9. The lowest BCUT2D eigenvalue weighted by atomic mass is 10.4. The van der Waals surface area contributed by atoms with Gasteiger partial charge in [-0.2, -0.15) is 0 Å². The molecule has 0 fully saturated rings. The van der Waals surface area contributed by atoms with Gasteiger partial charge >= 0.3 is 11.9 Å². The molecule has 0 amide bonds. The summed E-state index contributed by atoms with van der Waals surface area (Å²) in [4.78, 5) is 19.2. The Kier molecular flexibility index (Phi) is 29.8. The summed E-state index contributed by atoms with van der Waals surface area (Å²) >= 11 is 0. The largest absolute Gasteiger partial charge is 0.478 e. The summed E-state index contributed by atoms with van der Waals surface area (Å²) in [7, 11) is 0. The van der Waals surface area contributed by atoms with E-state index in [0.717, 1.165) is 0 Å². The van der Waals surface area contributed by atoms with Gasteiger partial charge in [0.1, 0.15) is 0 Å². The van der Waals surface area contributed by atoms with Crippen LogP contribution in [-0.2, 0) is 23.8 Å². The maximum atomic E-state index is 9.60. The van der Waals surface area contributed by atoms with Gasteiger partial charge < -0.3 is 44.8 Å². The van der Waals surface area contributed by atoms with E-state index in [1.807, 2.05) is 6.92 Å². The Morgan fingerprint density at radius 1 is 0.647 bits per heavy atom. The summed E-state index contributed by atoms with van der Waals surface area (Å²) in [5, 5.41) is 50.5. The Balaban J connectivity index is -0.000000187. The Labute approximate surface area is 203 Å². The predicted octanol–water partition coefficient (Wildman–Crippen LogP) is 1.23. The number of rotatable bonds is 13. The van der Waals surface area contributed by atoms with Crippen LogP contribution in [0.15, 0.2) is 24.3 Å². The summed E-state index contributed by atoms with van der Waals surface area (Å²) < 4.78 is 15.4. The van der Waals surface area contributed by atoms with E-state index >= 15 is 0 Å². The number of carboxylic acid groups (broad SMARTS) is 2. The van der Waals surface area contributed by atoms with Crippen LogP contribution in [0, 0.1) is 0 Å². The highest BCUT2D eigenvalue weighted by Crippen LogP contribution is 1.97. The van der Waals surface area contributed by atoms with Crippen molar-refractivity contribution in [2.24, 2.45) is 0 Å². The molecule has 0 rings (SSSR count). The van der Waals surface area contributed by atoms with Crippen LogP contribution in [0.5, 0.6) is 0 Å². The average molecular weight is 499 g/mol. The van der Waals surface area contributed by atoms with Crippen LogP contribution in [0.25, 0.3) is 0 Å². The first-order valence-electron chi connectivity index (χ1n) is 10.7. The molecule has 5 unspecified atom stereocenters. The van der Waals surface area contributed by atoms with Crippen LogP contribution < -0.4 is 0 Å². The molecule has 11 heteroatoms. The van der Waals surface area contributed by atoms with E-state index in [2.05, 4.69) is 13.2 Å². The van der Waals surface area contributed by atoms with Crippen molar-refractivity contribution in [3.63, 3.8) is 0 Å². The molecule has 34 heavy (non-hydrogen) atoms. The van der Waals surface area contributed by atoms with E-state index in [1.54, 1.807) is 27.7 Å². The standard InChI is InChI=1S/C9H20O4.C6H14O3.2C4H6O2/c1-7(11)5-12-9(3)6-13-8(2)4-10;1-5(8)4-9-6(2)3-7;2*1-3(2)4(5)6/h7-11H,4-6H2,1-3H3;5-8H,3-4H2,1-2H3;2*1H2,2H3,(H,5,6). The Morgan fingerprint density at radius 3 is 1.09 bits per heavy atom. The minimum atomic E-state index is -0.935. The topological polar surface area (TPSA) is 183 Å². The number of aliphatic carboxylic acids is 2. The fraction of sp³-hybridized carbons (Fsp3) is 0.739. The van der Waals surface area contributed by atoms with E-state index in [-0.39, 0.29) is 42.7 Å². The fourth-order valence-electron chi connectivity index (χ4n) is 1.06. The van der Waals surface area contributed by atoms with Crippen LogP contribution >= 0.6 is 0 Å². The van der Waals surface area contributed by atoms with Gasteiger partial charge in [0.25, 0.3) is 0 Å². The lowest BCUT2D eigenvalue weighted by Gasteiger charge is -2.16. The first-order valence-corrected chi connectivity index (χ1v) is 10.7. The molecule has 0 bridgehead atoms. The SMILES string of the molecule is C=C(C)C(=O)O.C=C(C)C(=O)O.CC(O)COC(C)CO.CC(O)COC(C)COC(C)CO. The van der Waals surface area contributed by atoms with Gasteiger partial charge in [-0.05, 0) is 48.5 Å². The summed E-state index contributed by atoms with van der Waals surface area (Å²) in [5.74, 6) is -1.87. The molecular weight excluding hydrogens is 452 g/mol. The molecule has 0 spiro atoms. The molecular formula is C23H46O11. The van der Waals surface area contributed by atoms with Crippen LogP contribution in [-0.4, -0.2) is 106 Å². The Hall–Kier alpha value is -1.86. The zero-order valence-corrected chi connectivity index (χ0v) is 21.6. The monoisotopic (exact) mass is 498 g/mol. The van der Waals surface area contributed by atoms with Crippen LogP contribution in [0.4, 0.5) is 0 Å². The van der Waals surface area contributed by atoms with E-state index in [9.17, 15) is 9.59 Å². The molecule has 0 aliphatic heterocycles. The minimum Gasteiger partial charge on any atom is -0.478 e. The van der Waals surface area contributed by atoms with Crippen molar-refractivity contribution in [2.45, 2.75) is 79.0 Å². The molecule has 0 aromatic rings. The van der Waals surface area contributed by atoms with Gasteiger partial charge in [0, 0.05) is 11.1 Å². The Bertz CT molecular complexity index is 485. The lowest BCUT2D eigenvalue weighted by Crippen LogP contribution is -2.24. The number of hydrogen-bond donors (Lipinski definition) is 6. The van der Waals surface area contributed by atoms with Crippen molar-refractivity contribution in [1.82, 2.24) is 0 Å². The molecule has 0 aromatic heterocycles. The predicted molar refractivity (Wildman–Crippen MR) is 129 cm³/mol. The van der Waals surface area contributed by atoms with Gasteiger partial charge in [0.05, 0.1) is 63.6 Å². The first-order chi connectivity index (χ1) is 15.5. The second-order valence-electron chi connectivity index (χ2n) is 7.67. The van der Waals surface area contributed by atoms with Crippen LogP contribution in [0.3, 0.4) is 0 Å². The van der Waals surface area contributed by atoms with Crippen LogP contribution in [0.1, 0.15) is 48.5 Å². The molecule has 0 aromatic carbocycles. The molecule has 204 valence electrons. The molecule has 0 heterocycles. The molecule has 11 nitrogen and oxygen atoms in total. The number of aliphatic hydroxyl groups excluding tert-OH is 4. The third-order valence-corrected chi connectivity index (χ3v) is 3.10. The third-order valence-electron chi connectivity index (χ3n) is 3.10. The molecule has 5 atom stereocenters. The van der Waals surface area contributed by atoms with Crippen molar-refractivity contribution in [3.05, 3.63) is 24.3 Å². The molecule has 0 saturated heterocycles. The van der Waals surface area contributed by atoms with Crippen molar-refractivity contribution in [3.8, 4) is 0 Å². The van der Waals surface area contributed by atoms with Crippen molar-refractivity contribution in [1.29, 1.82) is 0 Å². The second-order valence-corrected chi connectivity index (χ2v) is 7.67. The maximum Gasteiger partial charge on any atom is 0.330 e. The minimum absolute atomic E-state index is 0.00667. The molecule has 6 N–H and O–H groups in total. The van der Waals surface area contributed by atoms with E-state index in [4.69, 9.17) is 44.8 Å². The molecule has 0 aliphatic rings. The highest BCUT2D eigenvalue weighted by molar-refractivity contribution is 5.85. The van der Waals surface area contributed by atoms with E-state index < -0.39 is 24.1 Å². The zero-order valence-electron chi connectivity index (χ0n) is 21.6. The maximum absolute atomic E-state index is 9.60. The average Bonchev–Trinajstić information content (AvgIpc) is 2.75.